The number of nitrogens with one attached hydrogen (secondary N) is 2. The lowest BCUT2D eigenvalue weighted by Gasteiger charge is -2.31. The van der Waals surface area contributed by atoms with Crippen molar-refractivity contribution in [3.63, 3.8) is 0 Å². The van der Waals surface area contributed by atoms with Gasteiger partial charge in [0, 0.05) is 23.7 Å². The summed E-state index contributed by atoms with van der Waals surface area (Å²) >= 11 is 5.96. The molecule has 0 aromatic heterocycles. The lowest BCUT2D eigenvalue weighted by atomic mass is 9.96. The van der Waals surface area contributed by atoms with Crippen molar-refractivity contribution in [2.45, 2.75) is 31.2 Å². The first-order valence-corrected chi connectivity index (χ1v) is 10.8. The first kappa shape index (κ1) is 24.6. The fourth-order valence-corrected chi connectivity index (χ4v) is 3.50. The van der Waals surface area contributed by atoms with E-state index < -0.39 is 24.2 Å². The summed E-state index contributed by atoms with van der Waals surface area (Å²) < 4.78 is 35.7. The number of halogens is 3. The standard InChI is InChI=1S/C25H25ClF2N2O3/c26-21-13-7-10-19(14-21)15-29-16-22(31)23(25(27,28)20-11-5-2-6-12-20)30-24(32)33-17-18-8-3-1-4-9-18/h1-14,22-23,29,31H,15-17H2,(H,30,32)/t22-,23-/m1/s1. The maximum atomic E-state index is 15.3. The summed E-state index contributed by atoms with van der Waals surface area (Å²) in [5.41, 5.74) is 1.21. The van der Waals surface area contributed by atoms with Gasteiger partial charge in [-0.3, -0.25) is 0 Å². The average molecular weight is 475 g/mol. The smallest absolute Gasteiger partial charge is 0.407 e. The van der Waals surface area contributed by atoms with Gasteiger partial charge in [-0.25, -0.2) is 4.79 Å². The summed E-state index contributed by atoms with van der Waals surface area (Å²) in [5.74, 6) is -3.55. The van der Waals surface area contributed by atoms with Gasteiger partial charge in [0.2, 0.25) is 0 Å². The van der Waals surface area contributed by atoms with E-state index in [-0.39, 0.29) is 18.7 Å². The SMILES string of the molecule is O=C(N[C@H]([C@H](O)CNCc1cccc(Cl)c1)C(F)(F)c1ccccc1)OCc1ccccc1. The van der Waals surface area contributed by atoms with Gasteiger partial charge in [-0.15, -0.1) is 0 Å². The number of aliphatic hydroxyl groups excluding tert-OH is 1. The highest BCUT2D eigenvalue weighted by atomic mass is 35.5. The van der Waals surface area contributed by atoms with Crippen LogP contribution in [-0.2, 0) is 23.8 Å². The maximum Gasteiger partial charge on any atom is 0.407 e. The van der Waals surface area contributed by atoms with Gasteiger partial charge in [0.1, 0.15) is 12.6 Å². The predicted molar refractivity (Wildman–Crippen MR) is 123 cm³/mol. The normalized spacial score (nSPS) is 13.2. The van der Waals surface area contributed by atoms with Crippen molar-refractivity contribution in [3.8, 4) is 0 Å². The van der Waals surface area contributed by atoms with Crippen molar-refractivity contribution in [2.75, 3.05) is 6.54 Å². The molecule has 3 aromatic rings. The topological polar surface area (TPSA) is 70.6 Å². The molecule has 3 aromatic carbocycles. The van der Waals surface area contributed by atoms with E-state index in [2.05, 4.69) is 10.6 Å². The molecule has 33 heavy (non-hydrogen) atoms. The summed E-state index contributed by atoms with van der Waals surface area (Å²) in [7, 11) is 0. The Bertz CT molecular complexity index is 1020. The Morgan fingerprint density at radius 1 is 0.970 bits per heavy atom. The Morgan fingerprint density at radius 3 is 2.27 bits per heavy atom. The molecule has 0 aliphatic carbocycles. The van der Waals surface area contributed by atoms with Gasteiger partial charge in [-0.2, -0.15) is 8.78 Å². The molecule has 0 spiro atoms. The zero-order valence-electron chi connectivity index (χ0n) is 17.8. The van der Waals surface area contributed by atoms with E-state index in [0.717, 1.165) is 5.56 Å². The molecule has 0 saturated heterocycles. The summed E-state index contributed by atoms with van der Waals surface area (Å²) in [6.07, 6.45) is -2.66. The second-order valence-electron chi connectivity index (χ2n) is 7.50. The van der Waals surface area contributed by atoms with Crippen LogP contribution in [0.4, 0.5) is 13.6 Å². The molecule has 0 aliphatic rings. The largest absolute Gasteiger partial charge is 0.445 e. The Kier molecular flexibility index (Phi) is 8.77. The van der Waals surface area contributed by atoms with Gasteiger partial charge in [0.25, 0.3) is 5.92 Å². The number of alkyl halides is 2. The number of rotatable bonds is 10. The highest BCUT2D eigenvalue weighted by Gasteiger charge is 2.46. The third-order valence-corrected chi connectivity index (χ3v) is 5.23. The molecular weight excluding hydrogens is 450 g/mol. The van der Waals surface area contributed by atoms with Crippen LogP contribution < -0.4 is 10.6 Å². The number of alkyl carbamates (subject to hydrolysis) is 1. The number of carbonyl (C=O) groups is 1. The lowest BCUT2D eigenvalue weighted by molar-refractivity contribution is -0.0825. The van der Waals surface area contributed by atoms with Gasteiger partial charge < -0.3 is 20.5 Å². The number of aliphatic hydroxyl groups is 1. The van der Waals surface area contributed by atoms with Crippen molar-refractivity contribution in [2.24, 2.45) is 0 Å². The minimum absolute atomic E-state index is 0.0839. The van der Waals surface area contributed by atoms with Crippen LogP contribution in [0.1, 0.15) is 16.7 Å². The average Bonchev–Trinajstić information content (AvgIpc) is 2.82. The maximum absolute atomic E-state index is 15.3. The number of ether oxygens (including phenoxy) is 1. The molecule has 5 nitrogen and oxygen atoms in total. The van der Waals surface area contributed by atoms with Gasteiger partial charge in [0.05, 0.1) is 6.10 Å². The van der Waals surface area contributed by atoms with Crippen LogP contribution in [0.2, 0.25) is 5.02 Å². The highest BCUT2D eigenvalue weighted by molar-refractivity contribution is 6.30. The third kappa shape index (κ3) is 7.25. The molecule has 1 amide bonds. The van der Waals surface area contributed by atoms with Gasteiger partial charge in [0.15, 0.2) is 0 Å². The van der Waals surface area contributed by atoms with E-state index in [4.69, 9.17) is 16.3 Å². The van der Waals surface area contributed by atoms with Crippen molar-refractivity contribution in [1.82, 2.24) is 10.6 Å². The quantitative estimate of drug-likeness (QED) is 0.392. The summed E-state index contributed by atoms with van der Waals surface area (Å²) in [6.45, 7) is 0.0255. The molecule has 174 valence electrons. The van der Waals surface area contributed by atoms with E-state index in [1.54, 1.807) is 48.5 Å². The number of hydrogen-bond acceptors (Lipinski definition) is 4. The van der Waals surface area contributed by atoms with Gasteiger partial charge in [-0.05, 0) is 23.3 Å². The zero-order valence-corrected chi connectivity index (χ0v) is 18.5. The molecule has 0 aliphatic heterocycles. The minimum Gasteiger partial charge on any atom is -0.445 e. The van der Waals surface area contributed by atoms with E-state index in [0.29, 0.717) is 17.1 Å². The predicted octanol–water partition coefficient (Wildman–Crippen LogP) is 4.88. The monoisotopic (exact) mass is 474 g/mol. The van der Waals surface area contributed by atoms with Gasteiger partial charge in [-0.1, -0.05) is 84.4 Å². The molecule has 0 radical (unpaired) electrons. The molecule has 2 atom stereocenters. The molecule has 0 bridgehead atoms. The Balaban J connectivity index is 1.68. The summed E-state index contributed by atoms with van der Waals surface area (Å²) in [4.78, 5) is 12.3. The van der Waals surface area contributed by atoms with Crippen molar-refractivity contribution in [1.29, 1.82) is 0 Å². The summed E-state index contributed by atoms with van der Waals surface area (Å²) in [6, 6.07) is 21.0. The minimum atomic E-state index is -3.55. The molecule has 0 saturated carbocycles. The number of hydrogen-bond donors (Lipinski definition) is 3. The molecule has 0 heterocycles. The third-order valence-electron chi connectivity index (χ3n) is 4.99. The zero-order chi connectivity index (χ0) is 23.7. The van der Waals surface area contributed by atoms with Crippen LogP contribution in [0, 0.1) is 0 Å². The first-order chi connectivity index (χ1) is 15.9. The molecule has 0 unspecified atom stereocenters. The van der Waals surface area contributed by atoms with E-state index in [1.807, 2.05) is 12.1 Å². The number of carbonyl (C=O) groups excluding carboxylic acids is 1. The van der Waals surface area contributed by atoms with Crippen LogP contribution >= 0.6 is 11.6 Å². The van der Waals surface area contributed by atoms with Crippen molar-refractivity contribution < 1.29 is 23.4 Å². The van der Waals surface area contributed by atoms with E-state index >= 15 is 8.78 Å². The van der Waals surface area contributed by atoms with Crippen LogP contribution in [0.3, 0.4) is 0 Å². The number of benzene rings is 3. The van der Waals surface area contributed by atoms with Crippen LogP contribution in [0.15, 0.2) is 84.9 Å². The van der Waals surface area contributed by atoms with E-state index in [1.165, 1.54) is 24.3 Å². The second kappa shape index (κ2) is 11.7. The molecule has 3 N–H and O–H groups in total. The Labute approximate surface area is 196 Å². The number of amides is 1. The van der Waals surface area contributed by atoms with E-state index in [9.17, 15) is 9.90 Å². The molecular formula is C25H25ClF2N2O3. The van der Waals surface area contributed by atoms with Crippen LogP contribution in [0.5, 0.6) is 0 Å². The Hall–Kier alpha value is -3.00. The van der Waals surface area contributed by atoms with Gasteiger partial charge >= 0.3 is 6.09 Å². The molecule has 0 fully saturated rings. The van der Waals surface area contributed by atoms with Crippen LogP contribution in [-0.4, -0.2) is 29.9 Å². The van der Waals surface area contributed by atoms with Crippen molar-refractivity contribution in [3.05, 3.63) is 107 Å². The first-order valence-electron chi connectivity index (χ1n) is 10.4. The fraction of sp³-hybridized carbons (Fsp3) is 0.240. The second-order valence-corrected chi connectivity index (χ2v) is 7.94. The highest BCUT2D eigenvalue weighted by Crippen LogP contribution is 2.33. The molecule has 3 rings (SSSR count). The lowest BCUT2D eigenvalue weighted by Crippen LogP contribution is -2.55. The molecule has 8 heteroatoms. The Morgan fingerprint density at radius 2 is 1.61 bits per heavy atom. The van der Waals surface area contributed by atoms with Crippen LogP contribution in [0.25, 0.3) is 0 Å². The summed E-state index contributed by atoms with van der Waals surface area (Å²) in [5, 5.41) is 16.3. The van der Waals surface area contributed by atoms with Crippen molar-refractivity contribution >= 4 is 17.7 Å². The fourth-order valence-electron chi connectivity index (χ4n) is 3.29.